The van der Waals surface area contributed by atoms with Crippen molar-refractivity contribution < 1.29 is 18.9 Å². The van der Waals surface area contributed by atoms with Crippen molar-refractivity contribution in [2.24, 2.45) is 0 Å². The smallest absolute Gasteiger partial charge is 0.119 e. The fraction of sp³-hybridized carbons (Fsp3) is 0.172. The second kappa shape index (κ2) is 12.2. The molecule has 5 nitrogen and oxygen atoms in total. The average molecular weight is 520 g/mol. The van der Waals surface area contributed by atoms with Crippen molar-refractivity contribution in [2.75, 3.05) is 35.5 Å². The Labute approximate surface area is 216 Å². The molecule has 0 bridgehead atoms. The Morgan fingerprint density at radius 3 is 0.917 bits per heavy atom. The van der Waals surface area contributed by atoms with Gasteiger partial charge in [0, 0.05) is 16.1 Å². The Morgan fingerprint density at radius 2 is 0.694 bits per heavy atom. The maximum Gasteiger partial charge on any atom is 0.119 e. The van der Waals surface area contributed by atoms with Crippen LogP contribution in [0.3, 0.4) is 0 Å². The lowest BCUT2D eigenvalue weighted by Gasteiger charge is -2.36. The lowest BCUT2D eigenvalue weighted by atomic mass is 10.3. The predicted octanol–water partition coefficient (Wildman–Crippen LogP) is 5.05. The molecule has 0 aliphatic heterocycles. The molecule has 0 N–H and O–H groups in total. The van der Waals surface area contributed by atoms with Crippen molar-refractivity contribution in [3.8, 4) is 23.0 Å². The largest absolute Gasteiger partial charge is 0.497 e. The number of nitrogens with zero attached hydrogens (tertiary/aromatic N) is 1. The van der Waals surface area contributed by atoms with Gasteiger partial charge in [-0.3, -0.25) is 0 Å². The molecule has 4 aromatic rings. The summed E-state index contributed by atoms with van der Waals surface area (Å²) in [5.41, 5.74) is 0. The summed E-state index contributed by atoms with van der Waals surface area (Å²) in [6.45, 7) is 0. The van der Waals surface area contributed by atoms with E-state index in [1.165, 1.54) is 21.2 Å². The highest BCUT2D eigenvalue weighted by Gasteiger charge is 2.30. The van der Waals surface area contributed by atoms with E-state index in [1.54, 1.807) is 28.4 Å². The number of benzene rings is 4. The van der Waals surface area contributed by atoms with Gasteiger partial charge in [-0.15, -0.1) is 0 Å². The van der Waals surface area contributed by atoms with E-state index in [-0.39, 0.29) is 0 Å². The zero-order chi connectivity index (χ0) is 25.5. The molecule has 0 saturated heterocycles. The number of rotatable bonds is 10. The molecule has 186 valence electrons. The van der Waals surface area contributed by atoms with Crippen LogP contribution >= 0.6 is 16.1 Å². The van der Waals surface area contributed by atoms with Gasteiger partial charge >= 0.3 is 0 Å². The van der Waals surface area contributed by atoms with E-state index >= 15 is 0 Å². The maximum absolute atomic E-state index is 5.60. The van der Waals surface area contributed by atoms with Crippen molar-refractivity contribution in [3.63, 3.8) is 0 Å². The van der Waals surface area contributed by atoms with Gasteiger partial charge in [0.2, 0.25) is 0 Å². The van der Waals surface area contributed by atoms with E-state index < -0.39 is 16.1 Å². The molecule has 4 aromatic carbocycles. The summed E-state index contributed by atoms with van der Waals surface area (Å²) in [5.74, 6) is 3.35. The molecule has 4 rings (SSSR count). The fourth-order valence-electron chi connectivity index (χ4n) is 4.02. The lowest BCUT2D eigenvalue weighted by molar-refractivity contribution is 0.415. The van der Waals surface area contributed by atoms with Crippen LogP contribution in [0.1, 0.15) is 0 Å². The third-order valence-electron chi connectivity index (χ3n) is 5.77. The molecule has 0 aliphatic rings. The van der Waals surface area contributed by atoms with Crippen LogP contribution in [0.5, 0.6) is 23.0 Å². The van der Waals surface area contributed by atoms with E-state index in [4.69, 9.17) is 18.9 Å². The Hall–Kier alpha value is -3.10. The molecule has 0 unspecified atom stereocenters. The van der Waals surface area contributed by atoms with Crippen LogP contribution in [0.2, 0.25) is 0 Å². The topological polar surface area (TPSA) is 40.2 Å². The van der Waals surface area contributed by atoms with Crippen molar-refractivity contribution in [1.82, 2.24) is 4.44 Å². The van der Waals surface area contributed by atoms with Gasteiger partial charge in [-0.1, -0.05) is 48.5 Å². The van der Waals surface area contributed by atoms with E-state index in [9.17, 15) is 0 Å². The predicted molar refractivity (Wildman–Crippen MR) is 152 cm³/mol. The monoisotopic (exact) mass is 519 g/mol. The molecule has 7 heteroatoms. The van der Waals surface area contributed by atoms with Gasteiger partial charge in [0.25, 0.3) is 0 Å². The minimum Gasteiger partial charge on any atom is -0.497 e. The summed E-state index contributed by atoms with van der Waals surface area (Å²) in [6.07, 6.45) is 0. The van der Waals surface area contributed by atoms with Crippen LogP contribution in [0, 0.1) is 0 Å². The summed E-state index contributed by atoms with van der Waals surface area (Å²) in [5, 5.41) is 4.77. The first kappa shape index (κ1) is 26.0. The molecule has 0 aliphatic carbocycles. The molecule has 0 atom stereocenters. The molecule has 0 spiro atoms. The summed E-state index contributed by atoms with van der Waals surface area (Å²) in [6, 6.07) is 33.4. The van der Waals surface area contributed by atoms with Crippen LogP contribution in [0.15, 0.2) is 97.1 Å². The van der Waals surface area contributed by atoms with Gasteiger partial charge in [-0.05, 0) is 76.8 Å². The van der Waals surface area contributed by atoms with E-state index in [0.29, 0.717) is 0 Å². The van der Waals surface area contributed by atoms with Gasteiger partial charge in [0.05, 0.1) is 28.4 Å². The van der Waals surface area contributed by atoms with E-state index in [1.807, 2.05) is 24.3 Å². The first-order valence-corrected chi connectivity index (χ1v) is 14.1. The van der Waals surface area contributed by atoms with Gasteiger partial charge < -0.3 is 18.9 Å². The molecule has 0 radical (unpaired) electrons. The molecule has 0 saturated carbocycles. The Kier molecular flexibility index (Phi) is 8.83. The second-order valence-corrected chi connectivity index (χ2v) is 12.7. The van der Waals surface area contributed by atoms with Crippen LogP contribution in [-0.4, -0.2) is 39.9 Å². The highest BCUT2D eigenvalue weighted by atomic mass is 31.2. The Morgan fingerprint density at radius 1 is 0.444 bits per heavy atom. The zero-order valence-corrected chi connectivity index (χ0v) is 23.0. The number of hydrogen-bond acceptors (Lipinski definition) is 5. The minimum atomic E-state index is -0.950. The van der Waals surface area contributed by atoms with Crippen molar-refractivity contribution in [1.29, 1.82) is 0 Å². The molecule has 0 amide bonds. The van der Waals surface area contributed by atoms with E-state index in [0.717, 1.165) is 23.0 Å². The Bertz CT molecular complexity index is 1110. The van der Waals surface area contributed by atoms with Crippen LogP contribution < -0.4 is 40.2 Å². The fourth-order valence-corrected chi connectivity index (χ4v) is 9.82. The van der Waals surface area contributed by atoms with Crippen molar-refractivity contribution in [3.05, 3.63) is 97.1 Å². The molecule has 36 heavy (non-hydrogen) atoms. The highest BCUT2D eigenvalue weighted by molar-refractivity contribution is 7.84. The van der Waals surface area contributed by atoms with Crippen molar-refractivity contribution >= 4 is 37.4 Å². The lowest BCUT2D eigenvalue weighted by Crippen LogP contribution is -2.29. The van der Waals surface area contributed by atoms with Crippen LogP contribution in [-0.2, 0) is 0 Å². The van der Waals surface area contributed by atoms with Gasteiger partial charge in [-0.2, -0.15) is 0 Å². The minimum absolute atomic E-state index is 0.836. The zero-order valence-electron chi connectivity index (χ0n) is 21.2. The summed E-state index contributed by atoms with van der Waals surface area (Å²) in [4.78, 5) is 0. The van der Waals surface area contributed by atoms with Crippen molar-refractivity contribution in [2.45, 2.75) is 0 Å². The number of ether oxygens (including phenoxy) is 4. The first-order chi connectivity index (χ1) is 17.6. The highest BCUT2D eigenvalue weighted by Crippen LogP contribution is 2.53. The number of hydrogen-bond donors (Lipinski definition) is 0. The van der Waals surface area contributed by atoms with Gasteiger partial charge in [-0.25, -0.2) is 4.44 Å². The second-order valence-electron chi connectivity index (χ2n) is 7.92. The summed E-state index contributed by atoms with van der Waals surface area (Å²) in [7, 11) is 7.12. The quantitative estimate of drug-likeness (QED) is 0.275. The standard InChI is InChI=1S/C29H31NO4P2/c1-30(35(26-14-6-10-22(18-26)31-2)27-15-7-11-23(19-27)32-3)36(28-16-8-12-24(20-28)33-4)29-17-9-13-25(21-29)34-5/h6-21H,1-5H3. The summed E-state index contributed by atoms with van der Waals surface area (Å²) >= 11 is 0. The van der Waals surface area contributed by atoms with Gasteiger partial charge in [0.15, 0.2) is 0 Å². The third kappa shape index (κ3) is 5.82. The number of methoxy groups -OCH3 is 4. The molecule has 0 heterocycles. The molecular weight excluding hydrogens is 488 g/mol. The summed E-state index contributed by atoms with van der Waals surface area (Å²) < 4.78 is 24.9. The first-order valence-electron chi connectivity index (χ1n) is 11.5. The SMILES string of the molecule is COc1cccc(P(c2cccc(OC)c2)N(C)P(c2cccc(OC)c2)c2cccc(OC)c2)c1. The maximum atomic E-state index is 5.60. The third-order valence-corrected chi connectivity index (χ3v) is 11.1. The Balaban J connectivity index is 1.92. The van der Waals surface area contributed by atoms with E-state index in [2.05, 4.69) is 84.3 Å². The van der Waals surface area contributed by atoms with Crippen LogP contribution in [0.25, 0.3) is 0 Å². The molecule has 0 aromatic heterocycles. The molecular formula is C29H31NO4P2. The molecule has 0 fully saturated rings. The normalized spacial score (nSPS) is 11.1. The average Bonchev–Trinajstić information content (AvgIpc) is 2.94. The van der Waals surface area contributed by atoms with Gasteiger partial charge in [0.1, 0.15) is 23.0 Å². The van der Waals surface area contributed by atoms with Crippen LogP contribution in [0.4, 0.5) is 0 Å².